The van der Waals surface area contributed by atoms with Crippen LogP contribution in [0.25, 0.3) is 22.8 Å². The van der Waals surface area contributed by atoms with E-state index in [1.54, 1.807) is 0 Å². The van der Waals surface area contributed by atoms with Crippen molar-refractivity contribution in [3.05, 3.63) is 69.9 Å². The lowest BCUT2D eigenvalue weighted by Gasteiger charge is -2.06. The summed E-state index contributed by atoms with van der Waals surface area (Å²) in [5.74, 6) is -1.75. The number of amides is 1. The van der Waals surface area contributed by atoms with Crippen molar-refractivity contribution in [3.63, 3.8) is 0 Å². The van der Waals surface area contributed by atoms with Gasteiger partial charge in [-0.05, 0) is 30.3 Å². The number of nitro groups is 1. The van der Waals surface area contributed by atoms with Gasteiger partial charge in [-0.1, -0.05) is 12.1 Å². The van der Waals surface area contributed by atoms with Crippen molar-refractivity contribution in [1.29, 1.82) is 0 Å². The van der Waals surface area contributed by atoms with Gasteiger partial charge in [-0.25, -0.2) is 13.4 Å². The number of nitrogens with one attached hydrogen (secondary N) is 1. The van der Waals surface area contributed by atoms with Crippen molar-refractivity contribution in [2.24, 2.45) is 0 Å². The first-order chi connectivity index (χ1) is 15.4. The van der Waals surface area contributed by atoms with Crippen molar-refractivity contribution in [1.82, 2.24) is 10.3 Å². The molecule has 2 aromatic carbocycles. The molecule has 0 spiro atoms. The summed E-state index contributed by atoms with van der Waals surface area (Å²) in [4.78, 5) is 27.5. The van der Waals surface area contributed by atoms with Crippen LogP contribution in [0.5, 0.6) is 0 Å². The van der Waals surface area contributed by atoms with Crippen LogP contribution >= 0.6 is 0 Å². The van der Waals surface area contributed by atoms with Gasteiger partial charge in [0.15, 0.2) is 11.5 Å². The standard InChI is InChI=1S/C20H16F3N3O6S/c1-33(30,31)11-10-24-18(27)16-17(14-4-2-3-5-15(14)26(28)29)32-19(25-16)12-6-8-13(9-7-12)20(21,22)23/h2-9H,10-11H2,1H3,(H,24,27). The maximum absolute atomic E-state index is 12.8. The molecule has 0 aliphatic carbocycles. The van der Waals surface area contributed by atoms with E-state index in [0.717, 1.165) is 30.5 Å². The molecule has 0 saturated heterocycles. The van der Waals surface area contributed by atoms with Crippen LogP contribution < -0.4 is 5.32 Å². The topological polar surface area (TPSA) is 132 Å². The van der Waals surface area contributed by atoms with Crippen LogP contribution in [-0.2, 0) is 16.0 Å². The Labute approximate surface area is 185 Å². The highest BCUT2D eigenvalue weighted by atomic mass is 32.2. The van der Waals surface area contributed by atoms with E-state index >= 15 is 0 Å². The number of halogens is 3. The molecule has 0 unspecified atom stereocenters. The molecule has 1 aromatic heterocycles. The summed E-state index contributed by atoms with van der Waals surface area (Å²) >= 11 is 0. The minimum Gasteiger partial charge on any atom is -0.435 e. The molecule has 0 radical (unpaired) electrons. The maximum Gasteiger partial charge on any atom is 0.416 e. The van der Waals surface area contributed by atoms with Gasteiger partial charge in [0, 0.05) is 24.4 Å². The number of nitro benzene ring substituents is 1. The van der Waals surface area contributed by atoms with Gasteiger partial charge in [-0.3, -0.25) is 14.9 Å². The molecule has 13 heteroatoms. The first-order valence-corrected chi connectivity index (χ1v) is 11.3. The number of carbonyl (C=O) groups excluding carboxylic acids is 1. The second kappa shape index (κ2) is 9.02. The number of para-hydroxylation sites is 1. The molecule has 1 N–H and O–H groups in total. The monoisotopic (exact) mass is 483 g/mol. The van der Waals surface area contributed by atoms with Gasteiger partial charge in [0.2, 0.25) is 5.89 Å². The zero-order valence-corrected chi connectivity index (χ0v) is 17.7. The fraction of sp³-hybridized carbons (Fsp3) is 0.200. The predicted octanol–water partition coefficient (Wildman–Crippen LogP) is 3.71. The average molecular weight is 483 g/mol. The van der Waals surface area contributed by atoms with E-state index in [9.17, 15) is 36.5 Å². The molecule has 3 rings (SSSR count). The third kappa shape index (κ3) is 5.74. The number of alkyl halides is 3. The van der Waals surface area contributed by atoms with E-state index in [2.05, 4.69) is 10.3 Å². The van der Waals surface area contributed by atoms with E-state index in [1.165, 1.54) is 24.3 Å². The molecule has 0 aliphatic heterocycles. The zero-order valence-electron chi connectivity index (χ0n) is 16.9. The van der Waals surface area contributed by atoms with Crippen LogP contribution in [0.4, 0.5) is 18.9 Å². The lowest BCUT2D eigenvalue weighted by atomic mass is 10.1. The summed E-state index contributed by atoms with van der Waals surface area (Å²) in [6.07, 6.45) is -3.58. The fourth-order valence-corrected chi connectivity index (χ4v) is 3.31. The summed E-state index contributed by atoms with van der Waals surface area (Å²) < 4.78 is 66.7. The minimum atomic E-state index is -4.56. The smallest absolute Gasteiger partial charge is 0.416 e. The average Bonchev–Trinajstić information content (AvgIpc) is 3.17. The van der Waals surface area contributed by atoms with Crippen LogP contribution in [0, 0.1) is 10.1 Å². The molecule has 33 heavy (non-hydrogen) atoms. The highest BCUT2D eigenvalue weighted by Gasteiger charge is 2.31. The van der Waals surface area contributed by atoms with Crippen molar-refractivity contribution < 1.29 is 35.7 Å². The SMILES string of the molecule is CS(=O)(=O)CCNC(=O)c1nc(-c2ccc(C(F)(F)F)cc2)oc1-c1ccccc1[N+](=O)[O-]. The van der Waals surface area contributed by atoms with Crippen molar-refractivity contribution >= 4 is 21.4 Å². The van der Waals surface area contributed by atoms with Crippen molar-refractivity contribution in [3.8, 4) is 22.8 Å². The van der Waals surface area contributed by atoms with Crippen LogP contribution in [-0.4, -0.2) is 42.8 Å². The molecule has 1 heterocycles. The summed E-state index contributed by atoms with van der Waals surface area (Å²) in [6.45, 7) is -0.254. The molecule has 0 bridgehead atoms. The molecule has 0 atom stereocenters. The predicted molar refractivity (Wildman–Crippen MR) is 111 cm³/mol. The maximum atomic E-state index is 12.8. The number of benzene rings is 2. The summed E-state index contributed by atoms with van der Waals surface area (Å²) in [5.41, 5.74) is -1.67. The third-order valence-corrected chi connectivity index (χ3v) is 5.35. The summed E-state index contributed by atoms with van der Waals surface area (Å²) in [5, 5.41) is 13.8. The Balaban J connectivity index is 2.06. The number of nitrogens with zero attached hydrogens (tertiary/aromatic N) is 2. The van der Waals surface area contributed by atoms with Gasteiger partial charge in [0.1, 0.15) is 9.84 Å². The summed E-state index contributed by atoms with van der Waals surface area (Å²) in [7, 11) is -3.38. The third-order valence-electron chi connectivity index (χ3n) is 4.41. The lowest BCUT2D eigenvalue weighted by molar-refractivity contribution is -0.384. The van der Waals surface area contributed by atoms with Gasteiger partial charge in [0.05, 0.1) is 21.8 Å². The van der Waals surface area contributed by atoms with Gasteiger partial charge in [-0.2, -0.15) is 13.2 Å². The molecule has 3 aromatic rings. The van der Waals surface area contributed by atoms with Gasteiger partial charge in [0.25, 0.3) is 11.6 Å². The first kappa shape index (κ1) is 23.9. The normalized spacial score (nSPS) is 11.9. The molecule has 174 valence electrons. The quantitative estimate of drug-likeness (QED) is 0.400. The zero-order chi connectivity index (χ0) is 24.4. The Morgan fingerprint density at radius 3 is 2.36 bits per heavy atom. The van der Waals surface area contributed by atoms with Crippen molar-refractivity contribution in [2.45, 2.75) is 6.18 Å². The minimum absolute atomic E-state index is 0.0820. The number of oxazole rings is 1. The van der Waals surface area contributed by atoms with E-state index in [-0.39, 0.29) is 40.8 Å². The highest BCUT2D eigenvalue weighted by Crippen LogP contribution is 2.36. The molecule has 0 fully saturated rings. The molecule has 0 aliphatic rings. The number of rotatable bonds is 7. The van der Waals surface area contributed by atoms with E-state index in [4.69, 9.17) is 4.42 Å². The second-order valence-corrected chi connectivity index (χ2v) is 9.19. The largest absolute Gasteiger partial charge is 0.435 e. The van der Waals surface area contributed by atoms with Crippen LogP contribution in [0.2, 0.25) is 0 Å². The Bertz CT molecular complexity index is 1300. The Morgan fingerprint density at radius 1 is 1.15 bits per heavy atom. The van der Waals surface area contributed by atoms with Gasteiger partial charge < -0.3 is 9.73 Å². The Kier molecular flexibility index (Phi) is 6.53. The number of aromatic nitrogens is 1. The molecule has 9 nitrogen and oxygen atoms in total. The highest BCUT2D eigenvalue weighted by molar-refractivity contribution is 7.90. The lowest BCUT2D eigenvalue weighted by Crippen LogP contribution is -2.29. The number of hydrogen-bond donors (Lipinski definition) is 1. The Morgan fingerprint density at radius 2 is 1.79 bits per heavy atom. The number of hydrogen-bond acceptors (Lipinski definition) is 7. The summed E-state index contributed by atoms with van der Waals surface area (Å²) in [6, 6.07) is 9.15. The van der Waals surface area contributed by atoms with E-state index in [0.29, 0.717) is 0 Å². The van der Waals surface area contributed by atoms with Crippen LogP contribution in [0.15, 0.2) is 52.9 Å². The van der Waals surface area contributed by atoms with Gasteiger partial charge >= 0.3 is 6.18 Å². The van der Waals surface area contributed by atoms with Crippen LogP contribution in [0.1, 0.15) is 16.1 Å². The second-order valence-electron chi connectivity index (χ2n) is 6.93. The fourth-order valence-electron chi connectivity index (χ4n) is 2.84. The Hall–Kier alpha value is -3.74. The van der Waals surface area contributed by atoms with Gasteiger partial charge in [-0.15, -0.1) is 0 Å². The number of sulfone groups is 1. The molecule has 1 amide bonds. The molecular weight excluding hydrogens is 467 g/mol. The van der Waals surface area contributed by atoms with Crippen molar-refractivity contribution in [2.75, 3.05) is 18.6 Å². The molecular formula is C20H16F3N3O6S. The molecule has 0 saturated carbocycles. The van der Waals surface area contributed by atoms with E-state index < -0.39 is 38.1 Å². The number of carbonyl (C=O) groups is 1. The first-order valence-electron chi connectivity index (χ1n) is 9.25. The van der Waals surface area contributed by atoms with Crippen LogP contribution in [0.3, 0.4) is 0 Å². The van der Waals surface area contributed by atoms with E-state index in [1.807, 2.05) is 0 Å².